The van der Waals surface area contributed by atoms with Crippen molar-refractivity contribution in [3.63, 3.8) is 0 Å². The van der Waals surface area contributed by atoms with Gasteiger partial charge in [0.1, 0.15) is 11.6 Å². The Bertz CT molecular complexity index is 855. The number of hydrogen-bond acceptors (Lipinski definition) is 2. The molecule has 2 aromatic rings. The maximum Gasteiger partial charge on any atom is 0.314 e. The maximum absolute atomic E-state index is 14.9. The van der Waals surface area contributed by atoms with Crippen molar-refractivity contribution < 1.29 is 23.4 Å². The van der Waals surface area contributed by atoms with Crippen molar-refractivity contribution in [2.45, 2.75) is 76.2 Å². The second-order valence-electron chi connectivity index (χ2n) is 8.57. The lowest BCUT2D eigenvalue weighted by atomic mass is 9.68. The number of unbranched alkanes of at least 4 members (excludes halogenated alkanes) is 4. The summed E-state index contributed by atoms with van der Waals surface area (Å²) in [6.07, 6.45) is 8.14. The van der Waals surface area contributed by atoms with Crippen LogP contribution in [0.4, 0.5) is 8.78 Å². The van der Waals surface area contributed by atoms with Crippen LogP contribution in [0, 0.1) is 11.6 Å². The number of rotatable bonds is 10. The molecule has 3 rings (SSSR count). The molecule has 0 unspecified atom stereocenters. The fourth-order valence-electron chi connectivity index (χ4n) is 4.51. The second-order valence-corrected chi connectivity index (χ2v) is 8.57. The van der Waals surface area contributed by atoms with E-state index in [-0.39, 0.29) is 11.9 Å². The average molecular weight is 431 g/mol. The van der Waals surface area contributed by atoms with Crippen LogP contribution in [0.3, 0.4) is 0 Å². The lowest BCUT2D eigenvalue weighted by molar-refractivity contribution is -0.146. The second kappa shape index (κ2) is 10.9. The van der Waals surface area contributed by atoms with Crippen LogP contribution >= 0.6 is 0 Å². The number of halogens is 2. The molecule has 0 radical (unpaired) electrons. The molecule has 0 saturated heterocycles. The molecule has 0 bridgehead atoms. The molecule has 0 aromatic heterocycles. The van der Waals surface area contributed by atoms with Crippen molar-refractivity contribution in [1.29, 1.82) is 0 Å². The van der Waals surface area contributed by atoms with E-state index in [0.29, 0.717) is 42.4 Å². The van der Waals surface area contributed by atoms with Gasteiger partial charge in [-0.1, -0.05) is 56.9 Å². The Morgan fingerprint density at radius 1 is 1.03 bits per heavy atom. The van der Waals surface area contributed by atoms with Gasteiger partial charge in [0.15, 0.2) is 0 Å². The minimum absolute atomic E-state index is 0.0713. The van der Waals surface area contributed by atoms with Crippen molar-refractivity contribution >= 4 is 5.97 Å². The van der Waals surface area contributed by atoms with Crippen LogP contribution in [0.15, 0.2) is 42.5 Å². The highest BCUT2D eigenvalue weighted by molar-refractivity contribution is 5.82. The van der Waals surface area contributed by atoms with Crippen molar-refractivity contribution in [3.8, 4) is 11.1 Å². The van der Waals surface area contributed by atoms with Gasteiger partial charge in [-0.15, -0.1) is 0 Å². The molecule has 168 valence electrons. The number of carbonyl (C=O) groups is 1. The molecular weight excluding hydrogens is 398 g/mol. The Kier molecular flexibility index (Phi) is 8.19. The van der Waals surface area contributed by atoms with Gasteiger partial charge >= 0.3 is 5.97 Å². The molecule has 1 N–H and O–H groups in total. The molecule has 0 atom stereocenters. The first kappa shape index (κ1) is 23.4. The van der Waals surface area contributed by atoms with Crippen LogP contribution < -0.4 is 0 Å². The summed E-state index contributed by atoms with van der Waals surface area (Å²) in [6, 6.07) is 10.2. The monoisotopic (exact) mass is 430 g/mol. The summed E-state index contributed by atoms with van der Waals surface area (Å²) >= 11 is 0. The molecule has 1 fully saturated rings. The molecule has 3 nitrogen and oxygen atoms in total. The third-order valence-electron chi connectivity index (χ3n) is 6.47. The van der Waals surface area contributed by atoms with Crippen LogP contribution in [0.1, 0.15) is 70.3 Å². The van der Waals surface area contributed by atoms with Gasteiger partial charge in [-0.2, -0.15) is 0 Å². The highest BCUT2D eigenvalue weighted by Crippen LogP contribution is 2.42. The average Bonchev–Trinajstić information content (AvgIpc) is 2.77. The Balaban J connectivity index is 1.65. The van der Waals surface area contributed by atoms with Gasteiger partial charge in [0, 0.05) is 12.2 Å². The minimum atomic E-state index is -1.09. The molecule has 0 aliphatic heterocycles. The zero-order valence-corrected chi connectivity index (χ0v) is 18.2. The lowest BCUT2D eigenvalue weighted by Gasteiger charge is -2.37. The van der Waals surface area contributed by atoms with E-state index in [1.165, 1.54) is 56.0 Å². The normalized spacial score (nSPS) is 21.2. The summed E-state index contributed by atoms with van der Waals surface area (Å²) < 4.78 is 34.0. The highest BCUT2D eigenvalue weighted by Gasteiger charge is 2.44. The predicted molar refractivity (Wildman–Crippen MR) is 118 cm³/mol. The minimum Gasteiger partial charge on any atom is -0.481 e. The van der Waals surface area contributed by atoms with E-state index in [2.05, 4.69) is 6.92 Å². The van der Waals surface area contributed by atoms with Crippen LogP contribution in [0.2, 0.25) is 0 Å². The topological polar surface area (TPSA) is 46.5 Å². The third kappa shape index (κ3) is 5.70. The molecular formula is C26H32F2O3. The quantitative estimate of drug-likeness (QED) is 0.418. The van der Waals surface area contributed by atoms with Crippen LogP contribution in [-0.2, 0) is 14.9 Å². The SMILES string of the molecule is CCCCCCCOC1CCC(C(=O)O)(c2ccc(-c3ccc(F)cc3)c(F)c2)CC1. The molecule has 0 amide bonds. The van der Waals surface area contributed by atoms with Gasteiger partial charge in [-0.05, 0) is 61.4 Å². The lowest BCUT2D eigenvalue weighted by Crippen LogP contribution is -2.41. The van der Waals surface area contributed by atoms with Gasteiger partial charge in [0.25, 0.3) is 0 Å². The number of hydrogen-bond donors (Lipinski definition) is 1. The number of benzene rings is 2. The van der Waals surface area contributed by atoms with Crippen LogP contribution in [0.25, 0.3) is 11.1 Å². The summed E-state index contributed by atoms with van der Waals surface area (Å²) in [5.41, 5.74) is 0.292. The Hall–Kier alpha value is -2.27. The van der Waals surface area contributed by atoms with E-state index >= 15 is 0 Å². The molecule has 1 aliphatic carbocycles. The zero-order valence-electron chi connectivity index (χ0n) is 18.2. The Morgan fingerprint density at radius 3 is 2.32 bits per heavy atom. The first-order valence-electron chi connectivity index (χ1n) is 11.4. The number of ether oxygens (including phenoxy) is 1. The van der Waals surface area contributed by atoms with Crippen molar-refractivity contribution in [2.24, 2.45) is 0 Å². The van der Waals surface area contributed by atoms with E-state index in [1.807, 2.05) is 0 Å². The Labute approximate surface area is 183 Å². The summed E-state index contributed by atoms with van der Waals surface area (Å²) in [5, 5.41) is 10.0. The zero-order chi connectivity index (χ0) is 22.3. The number of carboxylic acids is 1. The highest BCUT2D eigenvalue weighted by atomic mass is 19.1. The van der Waals surface area contributed by atoms with E-state index in [1.54, 1.807) is 12.1 Å². The van der Waals surface area contributed by atoms with E-state index in [9.17, 15) is 18.7 Å². The fraction of sp³-hybridized carbons (Fsp3) is 0.500. The smallest absolute Gasteiger partial charge is 0.314 e. The summed E-state index contributed by atoms with van der Waals surface area (Å²) in [5.74, 6) is -1.79. The Morgan fingerprint density at radius 2 is 1.71 bits per heavy atom. The summed E-state index contributed by atoms with van der Waals surface area (Å²) in [7, 11) is 0. The largest absolute Gasteiger partial charge is 0.481 e. The number of aliphatic carboxylic acids is 1. The first-order chi connectivity index (χ1) is 15.0. The van der Waals surface area contributed by atoms with Gasteiger partial charge < -0.3 is 9.84 Å². The van der Waals surface area contributed by atoms with E-state index in [0.717, 1.165) is 13.0 Å². The summed E-state index contributed by atoms with van der Waals surface area (Å²) in [6.45, 7) is 2.91. The standard InChI is InChI=1S/C26H32F2O3/c1-2-3-4-5-6-17-31-22-13-15-26(16-14-22,25(29)30)20-9-12-23(24(28)18-20)19-7-10-21(27)11-8-19/h7-12,18,22H,2-6,13-17H2,1H3,(H,29,30). The molecule has 0 heterocycles. The van der Waals surface area contributed by atoms with Crippen LogP contribution in [-0.4, -0.2) is 23.8 Å². The number of carboxylic acid groups (broad SMARTS) is 1. The summed E-state index contributed by atoms with van der Waals surface area (Å²) in [4.78, 5) is 12.2. The van der Waals surface area contributed by atoms with Gasteiger partial charge in [-0.25, -0.2) is 8.78 Å². The molecule has 1 aliphatic rings. The molecule has 2 aromatic carbocycles. The molecule has 1 saturated carbocycles. The molecule has 0 spiro atoms. The van der Waals surface area contributed by atoms with Gasteiger partial charge in [0.2, 0.25) is 0 Å². The molecule has 31 heavy (non-hydrogen) atoms. The van der Waals surface area contributed by atoms with Gasteiger partial charge in [-0.3, -0.25) is 4.79 Å². The van der Waals surface area contributed by atoms with Crippen molar-refractivity contribution in [1.82, 2.24) is 0 Å². The fourth-order valence-corrected chi connectivity index (χ4v) is 4.51. The van der Waals surface area contributed by atoms with Crippen molar-refractivity contribution in [2.75, 3.05) is 6.61 Å². The predicted octanol–water partition coefficient (Wildman–Crippen LogP) is 6.88. The first-order valence-corrected chi connectivity index (χ1v) is 11.4. The van der Waals surface area contributed by atoms with E-state index in [4.69, 9.17) is 4.74 Å². The maximum atomic E-state index is 14.9. The van der Waals surface area contributed by atoms with E-state index < -0.39 is 17.2 Å². The van der Waals surface area contributed by atoms with Gasteiger partial charge in [0.05, 0.1) is 11.5 Å². The van der Waals surface area contributed by atoms with Crippen LogP contribution in [0.5, 0.6) is 0 Å². The molecule has 5 heteroatoms. The van der Waals surface area contributed by atoms with Crippen molar-refractivity contribution in [3.05, 3.63) is 59.7 Å². The third-order valence-corrected chi connectivity index (χ3v) is 6.47.